The van der Waals surface area contributed by atoms with Crippen molar-refractivity contribution < 1.29 is 14.6 Å². The van der Waals surface area contributed by atoms with E-state index in [4.69, 9.17) is 9.84 Å². The van der Waals surface area contributed by atoms with Crippen LogP contribution in [-0.2, 0) is 16.0 Å². The van der Waals surface area contributed by atoms with E-state index in [0.29, 0.717) is 13.2 Å². The van der Waals surface area contributed by atoms with Crippen LogP contribution in [0.5, 0.6) is 0 Å². The molecular formula is C10H13NO3S. The number of carboxylic acid groups (broad SMARTS) is 1. The van der Waals surface area contributed by atoms with Crippen molar-refractivity contribution in [1.82, 2.24) is 4.98 Å². The van der Waals surface area contributed by atoms with Gasteiger partial charge in [0.25, 0.3) is 0 Å². The first-order chi connectivity index (χ1) is 7.20. The van der Waals surface area contributed by atoms with Gasteiger partial charge in [-0.05, 0) is 6.92 Å². The Morgan fingerprint density at radius 1 is 1.73 bits per heavy atom. The van der Waals surface area contributed by atoms with Gasteiger partial charge in [-0.2, -0.15) is 0 Å². The predicted molar refractivity (Wildman–Crippen MR) is 58.1 cm³/mol. The molecule has 0 atom stereocenters. The zero-order valence-corrected chi connectivity index (χ0v) is 9.29. The molecule has 1 rings (SSSR count). The minimum absolute atomic E-state index is 0.337. The molecule has 0 saturated heterocycles. The largest absolute Gasteiger partial charge is 0.478 e. The van der Waals surface area contributed by atoms with E-state index in [1.54, 1.807) is 11.3 Å². The molecule has 5 heteroatoms. The molecule has 1 aromatic heterocycles. The van der Waals surface area contributed by atoms with Gasteiger partial charge in [-0.3, -0.25) is 0 Å². The van der Waals surface area contributed by atoms with Crippen molar-refractivity contribution in [3.8, 4) is 0 Å². The normalized spacial score (nSPS) is 11.0. The summed E-state index contributed by atoms with van der Waals surface area (Å²) in [6, 6.07) is 0. The first-order valence-electron chi connectivity index (χ1n) is 4.56. The highest BCUT2D eigenvalue weighted by molar-refractivity contribution is 7.09. The lowest BCUT2D eigenvalue weighted by Crippen LogP contribution is -1.99. The monoisotopic (exact) mass is 227 g/mol. The van der Waals surface area contributed by atoms with Gasteiger partial charge >= 0.3 is 5.97 Å². The molecule has 82 valence electrons. The molecule has 15 heavy (non-hydrogen) atoms. The molecule has 0 radical (unpaired) electrons. The Bertz CT molecular complexity index is 346. The fourth-order valence-corrected chi connectivity index (χ4v) is 1.79. The molecule has 0 amide bonds. The van der Waals surface area contributed by atoms with Gasteiger partial charge in [0, 0.05) is 17.4 Å². The first-order valence-corrected chi connectivity index (χ1v) is 5.44. The summed E-state index contributed by atoms with van der Waals surface area (Å²) in [5.74, 6) is -0.947. The van der Waals surface area contributed by atoms with Crippen molar-refractivity contribution >= 4 is 17.3 Å². The van der Waals surface area contributed by atoms with Crippen LogP contribution in [0.2, 0.25) is 0 Å². The Labute approximate surface area is 92.2 Å². The average molecular weight is 227 g/mol. The number of aryl methyl sites for hydroxylation is 1. The van der Waals surface area contributed by atoms with Gasteiger partial charge in [0.1, 0.15) is 0 Å². The Kier molecular flexibility index (Phi) is 5.00. The molecule has 1 aromatic rings. The molecule has 1 heterocycles. The molecule has 0 unspecified atom stereocenters. The maximum Gasteiger partial charge on any atom is 0.328 e. The van der Waals surface area contributed by atoms with E-state index in [0.717, 1.165) is 18.2 Å². The van der Waals surface area contributed by atoms with Crippen LogP contribution in [0.15, 0.2) is 17.7 Å². The third-order valence-corrected chi connectivity index (χ3v) is 2.79. The quantitative estimate of drug-likeness (QED) is 0.593. The van der Waals surface area contributed by atoms with Crippen LogP contribution in [0.4, 0.5) is 0 Å². The van der Waals surface area contributed by atoms with Crippen LogP contribution < -0.4 is 0 Å². The summed E-state index contributed by atoms with van der Waals surface area (Å²) in [6.07, 6.45) is 3.40. The summed E-state index contributed by atoms with van der Waals surface area (Å²) in [5, 5.41) is 8.31. The summed E-state index contributed by atoms with van der Waals surface area (Å²) >= 11 is 1.61. The van der Waals surface area contributed by atoms with E-state index in [2.05, 4.69) is 4.98 Å². The summed E-state index contributed by atoms with van der Waals surface area (Å²) in [7, 11) is 0. The number of carbonyl (C=O) groups is 1. The van der Waals surface area contributed by atoms with Gasteiger partial charge in [-0.25, -0.2) is 9.78 Å². The number of rotatable bonds is 6. The second-order valence-electron chi connectivity index (χ2n) is 2.93. The van der Waals surface area contributed by atoms with E-state index in [1.807, 2.05) is 12.4 Å². The molecule has 0 bridgehead atoms. The number of hydrogen-bond acceptors (Lipinski definition) is 4. The second kappa shape index (κ2) is 6.31. The van der Waals surface area contributed by atoms with E-state index in [1.165, 1.54) is 11.0 Å². The predicted octanol–water partition coefficient (Wildman–Crippen LogP) is 1.65. The van der Waals surface area contributed by atoms with Crippen LogP contribution in [0.25, 0.3) is 0 Å². The molecule has 0 aliphatic carbocycles. The number of aromatic nitrogens is 1. The highest BCUT2D eigenvalue weighted by Crippen LogP contribution is 2.12. The summed E-state index contributed by atoms with van der Waals surface area (Å²) in [4.78, 5) is 15.5. The standard InChI is InChI=1S/C10H13NO3S/c1-8-9(15-7-11-8)4-6-14-5-2-3-10(12)13/h2-3,7H,4-6H2,1H3,(H,12,13). The second-order valence-corrected chi connectivity index (χ2v) is 3.87. The molecule has 0 spiro atoms. The third kappa shape index (κ3) is 4.71. The smallest absolute Gasteiger partial charge is 0.328 e. The van der Waals surface area contributed by atoms with Crippen molar-refractivity contribution in [3.05, 3.63) is 28.2 Å². The fraction of sp³-hybridized carbons (Fsp3) is 0.400. The van der Waals surface area contributed by atoms with Gasteiger partial charge in [0.15, 0.2) is 0 Å². The lowest BCUT2D eigenvalue weighted by atomic mass is 10.3. The highest BCUT2D eigenvalue weighted by atomic mass is 32.1. The van der Waals surface area contributed by atoms with Crippen LogP contribution >= 0.6 is 11.3 Å². The lowest BCUT2D eigenvalue weighted by molar-refractivity contribution is -0.131. The number of hydrogen-bond donors (Lipinski definition) is 1. The van der Waals surface area contributed by atoms with E-state index in [9.17, 15) is 4.79 Å². The molecule has 0 fully saturated rings. The minimum atomic E-state index is -0.947. The van der Waals surface area contributed by atoms with Gasteiger partial charge in [-0.1, -0.05) is 6.08 Å². The highest BCUT2D eigenvalue weighted by Gasteiger charge is 1.99. The van der Waals surface area contributed by atoms with Crippen molar-refractivity contribution in [2.24, 2.45) is 0 Å². The van der Waals surface area contributed by atoms with Crippen molar-refractivity contribution in [1.29, 1.82) is 0 Å². The van der Waals surface area contributed by atoms with E-state index in [-0.39, 0.29) is 0 Å². The molecule has 4 nitrogen and oxygen atoms in total. The SMILES string of the molecule is Cc1ncsc1CCOCC=CC(=O)O. The molecule has 0 saturated carbocycles. The zero-order valence-electron chi connectivity index (χ0n) is 8.47. The van der Waals surface area contributed by atoms with Crippen LogP contribution in [0.1, 0.15) is 10.6 Å². The maximum atomic E-state index is 10.1. The Balaban J connectivity index is 2.12. The topological polar surface area (TPSA) is 59.4 Å². The molecule has 1 N–H and O–H groups in total. The molecule has 0 aliphatic heterocycles. The zero-order chi connectivity index (χ0) is 11.1. The van der Waals surface area contributed by atoms with Crippen molar-refractivity contribution in [3.63, 3.8) is 0 Å². The van der Waals surface area contributed by atoms with Crippen molar-refractivity contribution in [2.45, 2.75) is 13.3 Å². The lowest BCUT2D eigenvalue weighted by Gasteiger charge is -1.99. The van der Waals surface area contributed by atoms with E-state index < -0.39 is 5.97 Å². The molecular weight excluding hydrogens is 214 g/mol. The number of thiazole rings is 1. The Hall–Kier alpha value is -1.20. The number of carboxylic acids is 1. The minimum Gasteiger partial charge on any atom is -0.478 e. The van der Waals surface area contributed by atoms with Crippen molar-refractivity contribution in [2.75, 3.05) is 13.2 Å². The summed E-state index contributed by atoms with van der Waals surface area (Å²) in [5.41, 5.74) is 2.86. The Morgan fingerprint density at radius 2 is 2.53 bits per heavy atom. The number of nitrogens with zero attached hydrogens (tertiary/aromatic N) is 1. The maximum absolute atomic E-state index is 10.1. The van der Waals surface area contributed by atoms with Gasteiger partial charge < -0.3 is 9.84 Å². The van der Waals surface area contributed by atoms with Gasteiger partial charge in [0.05, 0.1) is 24.4 Å². The summed E-state index contributed by atoms with van der Waals surface area (Å²) in [6.45, 7) is 2.90. The number of aliphatic carboxylic acids is 1. The van der Waals surface area contributed by atoms with Crippen LogP contribution in [-0.4, -0.2) is 29.3 Å². The van der Waals surface area contributed by atoms with E-state index >= 15 is 0 Å². The fourth-order valence-electron chi connectivity index (χ4n) is 1.03. The summed E-state index contributed by atoms with van der Waals surface area (Å²) < 4.78 is 5.24. The van der Waals surface area contributed by atoms with Gasteiger partial charge in [0.2, 0.25) is 0 Å². The van der Waals surface area contributed by atoms with Gasteiger partial charge in [-0.15, -0.1) is 11.3 Å². The first kappa shape index (κ1) is 11.9. The third-order valence-electron chi connectivity index (χ3n) is 1.79. The average Bonchev–Trinajstić information content (AvgIpc) is 2.57. The van der Waals surface area contributed by atoms with Crippen LogP contribution in [0.3, 0.4) is 0 Å². The van der Waals surface area contributed by atoms with Crippen LogP contribution in [0, 0.1) is 6.92 Å². The molecule has 0 aromatic carbocycles. The molecule has 0 aliphatic rings. The number of ether oxygens (including phenoxy) is 1. The Morgan fingerprint density at radius 3 is 3.13 bits per heavy atom.